The summed E-state index contributed by atoms with van der Waals surface area (Å²) in [6, 6.07) is 5.89. The van der Waals surface area contributed by atoms with E-state index in [1.54, 1.807) is 0 Å². The van der Waals surface area contributed by atoms with E-state index in [1.165, 1.54) is 0 Å². The van der Waals surface area contributed by atoms with Crippen LogP contribution in [0, 0.1) is 19.8 Å². The Bertz CT molecular complexity index is 620. The van der Waals surface area contributed by atoms with Crippen LogP contribution >= 0.6 is 0 Å². The number of nitrogens with one attached hydrogen (secondary N) is 1. The number of carbonyl (C=O) groups is 1. The van der Waals surface area contributed by atoms with Crippen LogP contribution in [0.5, 0.6) is 5.75 Å². The third-order valence-corrected chi connectivity index (χ3v) is 5.22. The summed E-state index contributed by atoms with van der Waals surface area (Å²) in [6.45, 7) is 13.8. The third-order valence-electron chi connectivity index (χ3n) is 5.22. The molecule has 0 bridgehead atoms. The molecule has 1 amide bonds. The first kappa shape index (κ1) is 19.7. The standard InChI is InChI=1S/C20H31N2O3/c1-13-9-8-10-14(2)17(13)25-12-15(3)21-18(23)16-11-19(4,5)22(24)20(16,6)7/h8-10,15-16H,11-12H2,1-7H3,(H,21,23). The average molecular weight is 347 g/mol. The lowest BCUT2D eigenvalue weighted by molar-refractivity contribution is -0.247. The minimum atomic E-state index is -0.708. The number of carbonyl (C=O) groups excluding carboxylic acids is 1. The molecule has 1 radical (unpaired) electrons. The molecule has 1 saturated heterocycles. The van der Waals surface area contributed by atoms with E-state index in [4.69, 9.17) is 4.74 Å². The quantitative estimate of drug-likeness (QED) is 0.888. The van der Waals surface area contributed by atoms with Crippen molar-refractivity contribution in [1.82, 2.24) is 10.4 Å². The summed E-state index contributed by atoms with van der Waals surface area (Å²) in [6.07, 6.45) is 0.555. The van der Waals surface area contributed by atoms with E-state index in [0.717, 1.165) is 21.9 Å². The zero-order valence-electron chi connectivity index (χ0n) is 16.5. The van der Waals surface area contributed by atoms with Gasteiger partial charge in [-0.2, -0.15) is 0 Å². The molecule has 2 rings (SSSR count). The summed E-state index contributed by atoms with van der Waals surface area (Å²) in [5.74, 6) is 0.466. The molecule has 139 valence electrons. The van der Waals surface area contributed by atoms with Gasteiger partial charge in [0.05, 0.1) is 17.5 Å². The van der Waals surface area contributed by atoms with Crippen molar-refractivity contribution < 1.29 is 14.7 Å². The molecule has 1 aliphatic rings. The number of nitrogens with zero attached hydrogens (tertiary/aromatic N) is 1. The number of ether oxygens (including phenoxy) is 1. The first-order valence-corrected chi connectivity index (χ1v) is 8.93. The summed E-state index contributed by atoms with van der Waals surface area (Å²) in [4.78, 5) is 12.7. The molecule has 1 N–H and O–H groups in total. The lowest BCUT2D eigenvalue weighted by atomic mass is 9.86. The van der Waals surface area contributed by atoms with Crippen molar-refractivity contribution in [3.05, 3.63) is 29.3 Å². The normalized spacial score (nSPS) is 23.3. The van der Waals surface area contributed by atoms with Crippen molar-refractivity contribution in [2.45, 2.75) is 72.0 Å². The summed E-state index contributed by atoms with van der Waals surface area (Å²) < 4.78 is 5.92. The van der Waals surface area contributed by atoms with E-state index in [1.807, 2.05) is 66.7 Å². The molecular weight excluding hydrogens is 316 g/mol. The fraction of sp³-hybridized carbons (Fsp3) is 0.650. The Morgan fingerprint density at radius 2 is 1.84 bits per heavy atom. The fourth-order valence-corrected chi connectivity index (χ4v) is 3.79. The number of amides is 1. The van der Waals surface area contributed by atoms with Gasteiger partial charge < -0.3 is 10.1 Å². The molecule has 0 spiro atoms. The van der Waals surface area contributed by atoms with Crippen molar-refractivity contribution in [3.8, 4) is 5.75 Å². The number of benzene rings is 1. The van der Waals surface area contributed by atoms with Gasteiger partial charge in [0.15, 0.2) is 0 Å². The van der Waals surface area contributed by atoms with Crippen molar-refractivity contribution in [2.75, 3.05) is 6.61 Å². The van der Waals surface area contributed by atoms with E-state index >= 15 is 0 Å². The van der Waals surface area contributed by atoms with Gasteiger partial charge in [0.1, 0.15) is 12.4 Å². The molecule has 2 atom stereocenters. The SMILES string of the molecule is Cc1cccc(C)c1OCC(C)NC(=O)C1CC(C)(C)N([O])C1(C)C. The van der Waals surface area contributed by atoms with Crippen LogP contribution in [0.2, 0.25) is 0 Å². The van der Waals surface area contributed by atoms with Gasteiger partial charge in [-0.1, -0.05) is 18.2 Å². The number of hydrogen-bond donors (Lipinski definition) is 1. The second-order valence-corrected chi connectivity index (χ2v) is 8.46. The minimum absolute atomic E-state index is 0.0750. The van der Waals surface area contributed by atoms with Gasteiger partial charge >= 0.3 is 0 Å². The molecule has 0 aromatic heterocycles. The maximum Gasteiger partial charge on any atom is 0.225 e. The first-order valence-electron chi connectivity index (χ1n) is 8.93. The largest absolute Gasteiger partial charge is 0.491 e. The number of hydrogen-bond acceptors (Lipinski definition) is 3. The summed E-state index contributed by atoms with van der Waals surface area (Å²) in [5, 5.41) is 16.5. The van der Waals surface area contributed by atoms with Crippen LogP contribution in [0.15, 0.2) is 18.2 Å². The highest BCUT2D eigenvalue weighted by Gasteiger charge is 2.55. The molecule has 5 heteroatoms. The average Bonchev–Trinajstić information content (AvgIpc) is 2.66. The molecule has 1 aromatic rings. The van der Waals surface area contributed by atoms with Crippen LogP contribution < -0.4 is 10.1 Å². The van der Waals surface area contributed by atoms with Crippen molar-refractivity contribution in [3.63, 3.8) is 0 Å². The minimum Gasteiger partial charge on any atom is -0.491 e. The second-order valence-electron chi connectivity index (χ2n) is 8.46. The highest BCUT2D eigenvalue weighted by molar-refractivity contribution is 5.81. The molecule has 1 fully saturated rings. The predicted molar refractivity (Wildman–Crippen MR) is 97.8 cm³/mol. The first-order chi connectivity index (χ1) is 11.5. The van der Waals surface area contributed by atoms with Crippen LogP contribution in [0.3, 0.4) is 0 Å². The molecular formula is C20H31N2O3. The maximum atomic E-state index is 12.7. The van der Waals surface area contributed by atoms with Crippen LogP contribution in [0.25, 0.3) is 0 Å². The topological polar surface area (TPSA) is 61.5 Å². The Balaban J connectivity index is 1.97. The molecule has 0 aliphatic carbocycles. The van der Waals surface area contributed by atoms with Crippen molar-refractivity contribution in [2.24, 2.45) is 5.92 Å². The van der Waals surface area contributed by atoms with E-state index in [0.29, 0.717) is 13.0 Å². The maximum absolute atomic E-state index is 12.7. The van der Waals surface area contributed by atoms with Gasteiger partial charge in [-0.05, 0) is 66.0 Å². The second kappa shape index (κ2) is 6.96. The zero-order chi connectivity index (χ0) is 19.0. The van der Waals surface area contributed by atoms with Crippen molar-refractivity contribution in [1.29, 1.82) is 0 Å². The molecule has 0 saturated carbocycles. The molecule has 1 aromatic carbocycles. The number of aryl methyl sites for hydroxylation is 2. The van der Waals surface area contributed by atoms with Gasteiger partial charge in [-0.25, -0.2) is 0 Å². The van der Waals surface area contributed by atoms with Crippen molar-refractivity contribution >= 4 is 5.91 Å². The lowest BCUT2D eigenvalue weighted by Gasteiger charge is -2.33. The zero-order valence-corrected chi connectivity index (χ0v) is 16.5. The smallest absolute Gasteiger partial charge is 0.225 e. The molecule has 1 heterocycles. The lowest BCUT2D eigenvalue weighted by Crippen LogP contribution is -2.50. The highest BCUT2D eigenvalue weighted by Crippen LogP contribution is 2.43. The van der Waals surface area contributed by atoms with E-state index in [-0.39, 0.29) is 17.9 Å². The van der Waals surface area contributed by atoms with E-state index < -0.39 is 11.1 Å². The Hall–Kier alpha value is -1.59. The fourth-order valence-electron chi connectivity index (χ4n) is 3.79. The van der Waals surface area contributed by atoms with Crippen LogP contribution in [-0.2, 0) is 10.0 Å². The van der Waals surface area contributed by atoms with Gasteiger partial charge in [-0.15, -0.1) is 10.3 Å². The van der Waals surface area contributed by atoms with E-state index in [9.17, 15) is 10.0 Å². The van der Waals surface area contributed by atoms with E-state index in [2.05, 4.69) is 5.32 Å². The number of rotatable bonds is 5. The summed E-state index contributed by atoms with van der Waals surface area (Å²) in [5.41, 5.74) is 0.933. The van der Waals surface area contributed by atoms with Gasteiger partial charge in [0, 0.05) is 5.54 Å². The highest BCUT2D eigenvalue weighted by atomic mass is 16.5. The Labute approximate surface area is 151 Å². The molecule has 1 aliphatic heterocycles. The van der Waals surface area contributed by atoms with Gasteiger partial charge in [-0.3, -0.25) is 4.79 Å². The summed E-state index contributed by atoms with van der Waals surface area (Å²) in [7, 11) is 0. The Morgan fingerprint density at radius 3 is 2.32 bits per heavy atom. The molecule has 25 heavy (non-hydrogen) atoms. The predicted octanol–water partition coefficient (Wildman–Crippen LogP) is 3.41. The Kier molecular flexibility index (Phi) is 5.50. The van der Waals surface area contributed by atoms with Crippen LogP contribution in [0.1, 0.15) is 52.2 Å². The Morgan fingerprint density at radius 1 is 1.28 bits per heavy atom. The van der Waals surface area contributed by atoms with Crippen LogP contribution in [-0.4, -0.2) is 34.7 Å². The molecule has 5 nitrogen and oxygen atoms in total. The van der Waals surface area contributed by atoms with Gasteiger partial charge in [0.25, 0.3) is 0 Å². The monoisotopic (exact) mass is 347 g/mol. The molecule has 2 unspecified atom stereocenters. The number of hydroxylamine groups is 2. The number of para-hydroxylation sites is 1. The van der Waals surface area contributed by atoms with Crippen LogP contribution in [0.4, 0.5) is 0 Å². The third kappa shape index (κ3) is 3.98. The van der Waals surface area contributed by atoms with Gasteiger partial charge in [0.2, 0.25) is 5.91 Å². The summed E-state index contributed by atoms with van der Waals surface area (Å²) >= 11 is 0.